The number of fused-ring (bicyclic) bond motifs is 1. The summed E-state index contributed by atoms with van der Waals surface area (Å²) in [6.07, 6.45) is 1.60. The molecule has 150 valence electrons. The molecule has 0 unspecified atom stereocenters. The van der Waals surface area contributed by atoms with E-state index in [4.69, 9.17) is 27.9 Å². The summed E-state index contributed by atoms with van der Waals surface area (Å²) in [7, 11) is 1.49. The molecule has 4 aromatic rings. The number of phenols is 1. The van der Waals surface area contributed by atoms with Gasteiger partial charge in [-0.25, -0.2) is 9.97 Å². The van der Waals surface area contributed by atoms with Crippen LogP contribution in [0, 0.1) is 0 Å². The summed E-state index contributed by atoms with van der Waals surface area (Å²) < 4.78 is 5.12. The number of benzene rings is 3. The Morgan fingerprint density at radius 3 is 2.67 bits per heavy atom. The lowest BCUT2D eigenvalue weighted by Crippen LogP contribution is -1.99. The SMILES string of the molecule is COc1cc(C=NNc2nc(-c3ccc(Cl)cc3Cl)nc3ccccc23)ccc1O. The average Bonchev–Trinajstić information content (AvgIpc) is 2.74. The van der Waals surface area contributed by atoms with Gasteiger partial charge in [0.15, 0.2) is 23.1 Å². The fourth-order valence-corrected chi connectivity index (χ4v) is 3.39. The number of para-hydroxylation sites is 1. The Hall–Kier alpha value is -3.35. The third-order valence-corrected chi connectivity index (χ3v) is 4.91. The molecule has 8 heteroatoms. The van der Waals surface area contributed by atoms with Crippen molar-refractivity contribution < 1.29 is 9.84 Å². The summed E-state index contributed by atoms with van der Waals surface area (Å²) in [6, 6.07) is 17.7. The van der Waals surface area contributed by atoms with Crippen molar-refractivity contribution in [2.45, 2.75) is 0 Å². The van der Waals surface area contributed by atoms with Crippen LogP contribution in [0.25, 0.3) is 22.3 Å². The van der Waals surface area contributed by atoms with Crippen molar-refractivity contribution in [2.75, 3.05) is 12.5 Å². The van der Waals surface area contributed by atoms with Gasteiger partial charge in [-0.3, -0.25) is 5.43 Å². The molecule has 0 spiro atoms. The van der Waals surface area contributed by atoms with E-state index in [-0.39, 0.29) is 5.75 Å². The molecular formula is C22H16Cl2N4O2. The van der Waals surface area contributed by atoms with Gasteiger partial charge in [0.05, 0.1) is 23.9 Å². The first-order valence-corrected chi connectivity index (χ1v) is 9.69. The molecule has 4 rings (SSSR count). The molecule has 3 aromatic carbocycles. The van der Waals surface area contributed by atoms with E-state index in [1.807, 2.05) is 24.3 Å². The lowest BCUT2D eigenvalue weighted by Gasteiger charge is -2.09. The van der Waals surface area contributed by atoms with Crippen LogP contribution in [0.3, 0.4) is 0 Å². The Labute approximate surface area is 182 Å². The van der Waals surface area contributed by atoms with E-state index in [1.165, 1.54) is 7.11 Å². The number of rotatable bonds is 5. The van der Waals surface area contributed by atoms with Gasteiger partial charge in [0.25, 0.3) is 0 Å². The molecular weight excluding hydrogens is 423 g/mol. The molecule has 1 aromatic heterocycles. The van der Waals surface area contributed by atoms with Gasteiger partial charge in [0.2, 0.25) is 0 Å². The lowest BCUT2D eigenvalue weighted by molar-refractivity contribution is 0.373. The predicted molar refractivity (Wildman–Crippen MR) is 121 cm³/mol. The minimum Gasteiger partial charge on any atom is -0.504 e. The van der Waals surface area contributed by atoms with E-state index in [1.54, 1.807) is 42.6 Å². The number of anilines is 1. The van der Waals surface area contributed by atoms with Crippen molar-refractivity contribution in [3.8, 4) is 22.9 Å². The normalized spacial score (nSPS) is 11.2. The second kappa shape index (κ2) is 8.57. The second-order valence-electron chi connectivity index (χ2n) is 6.34. The molecule has 0 radical (unpaired) electrons. The van der Waals surface area contributed by atoms with Crippen molar-refractivity contribution in [1.29, 1.82) is 0 Å². The summed E-state index contributed by atoms with van der Waals surface area (Å²) in [5, 5.41) is 15.8. The maximum Gasteiger partial charge on any atom is 0.163 e. The number of nitrogens with one attached hydrogen (secondary N) is 1. The average molecular weight is 439 g/mol. The number of aromatic hydroxyl groups is 1. The molecule has 0 amide bonds. The molecule has 0 saturated heterocycles. The summed E-state index contributed by atoms with van der Waals surface area (Å²) in [5.74, 6) is 1.42. The Morgan fingerprint density at radius 1 is 1.03 bits per heavy atom. The fourth-order valence-electron chi connectivity index (χ4n) is 2.90. The number of hydrogen-bond acceptors (Lipinski definition) is 6. The monoisotopic (exact) mass is 438 g/mol. The van der Waals surface area contributed by atoms with Gasteiger partial charge in [0, 0.05) is 16.0 Å². The standard InChI is InChI=1S/C22H16Cl2N4O2/c1-30-20-10-13(6-9-19(20)29)12-25-28-22-16-4-2-3-5-18(16)26-21(27-22)15-8-7-14(23)11-17(15)24/h2-12,29H,1H3,(H,26,27,28). The van der Waals surface area contributed by atoms with E-state index >= 15 is 0 Å². The second-order valence-corrected chi connectivity index (χ2v) is 7.18. The Bertz CT molecular complexity index is 1260. The smallest absolute Gasteiger partial charge is 0.163 e. The number of hydrogen-bond donors (Lipinski definition) is 2. The number of methoxy groups -OCH3 is 1. The number of halogens is 2. The third kappa shape index (κ3) is 4.15. The van der Waals surface area contributed by atoms with Crippen LogP contribution in [0.5, 0.6) is 11.5 Å². The van der Waals surface area contributed by atoms with Crippen LogP contribution >= 0.6 is 23.2 Å². The van der Waals surface area contributed by atoms with E-state index in [9.17, 15) is 5.11 Å². The highest BCUT2D eigenvalue weighted by Crippen LogP contribution is 2.31. The number of ether oxygens (including phenoxy) is 1. The molecule has 0 fully saturated rings. The minimum atomic E-state index is 0.0638. The van der Waals surface area contributed by atoms with Gasteiger partial charge in [-0.15, -0.1) is 0 Å². The Kier molecular flexibility index (Phi) is 5.70. The zero-order valence-corrected chi connectivity index (χ0v) is 17.3. The van der Waals surface area contributed by atoms with Gasteiger partial charge in [-0.2, -0.15) is 5.10 Å². The Balaban J connectivity index is 1.71. The minimum absolute atomic E-state index is 0.0638. The molecule has 0 bridgehead atoms. The van der Waals surface area contributed by atoms with Crippen LogP contribution in [-0.4, -0.2) is 28.4 Å². The Morgan fingerprint density at radius 2 is 1.87 bits per heavy atom. The van der Waals surface area contributed by atoms with Crippen molar-refractivity contribution in [1.82, 2.24) is 9.97 Å². The molecule has 0 aliphatic heterocycles. The number of hydrazone groups is 1. The summed E-state index contributed by atoms with van der Waals surface area (Å²) in [5.41, 5.74) is 5.14. The van der Waals surface area contributed by atoms with Gasteiger partial charge >= 0.3 is 0 Å². The van der Waals surface area contributed by atoms with Crippen molar-refractivity contribution in [2.24, 2.45) is 5.10 Å². The number of nitrogens with zero attached hydrogens (tertiary/aromatic N) is 3. The first kappa shape index (κ1) is 19.9. The zero-order chi connectivity index (χ0) is 21.1. The van der Waals surface area contributed by atoms with Crippen LogP contribution < -0.4 is 10.2 Å². The molecule has 0 saturated carbocycles. The van der Waals surface area contributed by atoms with Gasteiger partial charge in [0.1, 0.15) is 0 Å². The predicted octanol–water partition coefficient (Wildman–Crippen LogP) is 5.76. The van der Waals surface area contributed by atoms with Gasteiger partial charge in [-0.05, 0) is 54.1 Å². The quantitative estimate of drug-likeness (QED) is 0.305. The summed E-state index contributed by atoms with van der Waals surface area (Å²) in [4.78, 5) is 9.23. The number of aromatic nitrogens is 2. The van der Waals surface area contributed by atoms with Crippen LogP contribution in [0.2, 0.25) is 10.0 Å². The first-order chi connectivity index (χ1) is 14.5. The molecule has 1 heterocycles. The highest BCUT2D eigenvalue weighted by Gasteiger charge is 2.12. The van der Waals surface area contributed by atoms with E-state index < -0.39 is 0 Å². The number of phenolic OH excluding ortho intramolecular Hbond substituents is 1. The van der Waals surface area contributed by atoms with Crippen molar-refractivity contribution in [3.63, 3.8) is 0 Å². The lowest BCUT2D eigenvalue weighted by atomic mass is 10.2. The highest BCUT2D eigenvalue weighted by atomic mass is 35.5. The molecule has 0 aliphatic rings. The molecule has 0 atom stereocenters. The van der Waals surface area contributed by atoms with Crippen molar-refractivity contribution in [3.05, 3.63) is 76.3 Å². The molecule has 30 heavy (non-hydrogen) atoms. The summed E-state index contributed by atoms with van der Waals surface area (Å²) in [6.45, 7) is 0. The highest BCUT2D eigenvalue weighted by molar-refractivity contribution is 6.36. The largest absolute Gasteiger partial charge is 0.504 e. The molecule has 2 N–H and O–H groups in total. The van der Waals surface area contributed by atoms with Crippen LogP contribution in [-0.2, 0) is 0 Å². The first-order valence-electron chi connectivity index (χ1n) is 8.93. The third-order valence-electron chi connectivity index (χ3n) is 4.36. The van der Waals surface area contributed by atoms with E-state index in [0.29, 0.717) is 33.0 Å². The van der Waals surface area contributed by atoms with E-state index in [0.717, 1.165) is 16.5 Å². The van der Waals surface area contributed by atoms with Crippen LogP contribution in [0.1, 0.15) is 5.56 Å². The van der Waals surface area contributed by atoms with Gasteiger partial charge in [-0.1, -0.05) is 35.3 Å². The van der Waals surface area contributed by atoms with Crippen molar-refractivity contribution >= 4 is 46.1 Å². The maximum absolute atomic E-state index is 9.71. The fraction of sp³-hybridized carbons (Fsp3) is 0.0455. The summed E-state index contributed by atoms with van der Waals surface area (Å²) >= 11 is 12.4. The van der Waals surface area contributed by atoms with Crippen LogP contribution in [0.15, 0.2) is 65.8 Å². The topological polar surface area (TPSA) is 79.6 Å². The van der Waals surface area contributed by atoms with Gasteiger partial charge < -0.3 is 9.84 Å². The van der Waals surface area contributed by atoms with E-state index in [2.05, 4.69) is 20.5 Å². The maximum atomic E-state index is 9.71. The van der Waals surface area contributed by atoms with Crippen LogP contribution in [0.4, 0.5) is 5.82 Å². The zero-order valence-electron chi connectivity index (χ0n) is 15.8. The molecule has 0 aliphatic carbocycles. The molecule has 6 nitrogen and oxygen atoms in total.